The summed E-state index contributed by atoms with van der Waals surface area (Å²) in [5.41, 5.74) is 1.35. The predicted octanol–water partition coefficient (Wildman–Crippen LogP) is 3.91. The predicted molar refractivity (Wildman–Crippen MR) is 97.1 cm³/mol. The smallest absolute Gasteiger partial charge is 0.326 e. The van der Waals surface area contributed by atoms with E-state index < -0.39 is 0 Å². The fraction of sp³-hybridized carbons (Fsp3) is 0.316. The van der Waals surface area contributed by atoms with Gasteiger partial charge >= 0.3 is 6.03 Å². The molecule has 0 bridgehead atoms. The molecule has 0 saturated heterocycles. The summed E-state index contributed by atoms with van der Waals surface area (Å²) in [5, 5.41) is 2.92. The lowest BCUT2D eigenvalue weighted by atomic mass is 10.1. The zero-order valence-electron chi connectivity index (χ0n) is 14.6. The molecule has 0 saturated carbocycles. The van der Waals surface area contributed by atoms with Crippen molar-refractivity contribution in [3.05, 3.63) is 42.5 Å². The Morgan fingerprint density at radius 2 is 2.04 bits per heavy atom. The summed E-state index contributed by atoms with van der Waals surface area (Å²) in [6.07, 6.45) is 0.794. The highest BCUT2D eigenvalue weighted by molar-refractivity contribution is 6.03. The van der Waals surface area contributed by atoms with Crippen LogP contribution in [0.4, 0.5) is 16.2 Å². The van der Waals surface area contributed by atoms with E-state index in [9.17, 15) is 4.79 Å². The van der Waals surface area contributed by atoms with E-state index in [1.807, 2.05) is 31.2 Å². The molecule has 2 aromatic rings. The molecule has 6 heteroatoms. The molecule has 0 aliphatic carbocycles. The monoisotopic (exact) mass is 342 g/mol. The quantitative estimate of drug-likeness (QED) is 0.915. The number of carbonyl (C=O) groups excluding carboxylic acids is 1. The van der Waals surface area contributed by atoms with E-state index in [2.05, 4.69) is 5.32 Å². The number of fused-ring (bicyclic) bond motifs is 1. The van der Waals surface area contributed by atoms with Gasteiger partial charge < -0.3 is 19.5 Å². The van der Waals surface area contributed by atoms with Gasteiger partial charge in [0.15, 0.2) is 0 Å². The van der Waals surface area contributed by atoms with Gasteiger partial charge in [-0.2, -0.15) is 0 Å². The fourth-order valence-electron chi connectivity index (χ4n) is 2.79. The maximum Gasteiger partial charge on any atom is 0.326 e. The van der Waals surface area contributed by atoms with Crippen LogP contribution < -0.4 is 24.4 Å². The Labute approximate surface area is 147 Å². The highest BCUT2D eigenvalue weighted by Crippen LogP contribution is 2.35. The molecule has 1 aliphatic heterocycles. The van der Waals surface area contributed by atoms with Gasteiger partial charge in [-0.1, -0.05) is 19.1 Å². The average Bonchev–Trinajstić information content (AvgIpc) is 2.67. The molecule has 1 heterocycles. The molecule has 0 fully saturated rings. The van der Waals surface area contributed by atoms with E-state index in [1.54, 1.807) is 37.3 Å². The SMILES string of the molecule is CC[C@@H]1CN(C(=O)Nc2ccc(OC)cc2OC)c2ccccc2O1. The number of rotatable bonds is 4. The summed E-state index contributed by atoms with van der Waals surface area (Å²) < 4.78 is 16.5. The minimum atomic E-state index is -0.224. The molecule has 1 atom stereocenters. The van der Waals surface area contributed by atoms with Crippen LogP contribution in [0.3, 0.4) is 0 Å². The lowest BCUT2D eigenvalue weighted by Gasteiger charge is -2.34. The Bertz CT molecular complexity index is 763. The molecule has 25 heavy (non-hydrogen) atoms. The van der Waals surface area contributed by atoms with Crippen molar-refractivity contribution in [2.24, 2.45) is 0 Å². The maximum absolute atomic E-state index is 12.9. The van der Waals surface area contributed by atoms with Crippen LogP contribution >= 0.6 is 0 Å². The number of nitrogens with one attached hydrogen (secondary N) is 1. The van der Waals surface area contributed by atoms with Crippen molar-refractivity contribution < 1.29 is 19.0 Å². The van der Waals surface area contributed by atoms with Crippen LogP contribution in [0.2, 0.25) is 0 Å². The number of para-hydroxylation sites is 2. The Morgan fingerprint density at radius 1 is 1.24 bits per heavy atom. The van der Waals surface area contributed by atoms with Crippen LogP contribution in [0.1, 0.15) is 13.3 Å². The van der Waals surface area contributed by atoms with E-state index in [0.717, 1.165) is 17.9 Å². The summed E-state index contributed by atoms with van der Waals surface area (Å²) in [6.45, 7) is 2.54. The standard InChI is InChI=1S/C19H22N2O4/c1-4-13-12-21(16-7-5-6-8-17(16)25-13)19(22)20-15-10-9-14(23-2)11-18(15)24-3/h5-11,13H,4,12H2,1-3H3,(H,20,22)/t13-/m1/s1. The number of anilines is 2. The van der Waals surface area contributed by atoms with Crippen molar-refractivity contribution in [1.82, 2.24) is 0 Å². The van der Waals surface area contributed by atoms with E-state index >= 15 is 0 Å². The molecule has 2 aromatic carbocycles. The van der Waals surface area contributed by atoms with Crippen LogP contribution in [0, 0.1) is 0 Å². The first-order valence-electron chi connectivity index (χ1n) is 8.22. The maximum atomic E-state index is 12.9. The molecule has 0 unspecified atom stereocenters. The molecule has 132 valence electrons. The Balaban J connectivity index is 1.86. The average molecular weight is 342 g/mol. The number of hydrogen-bond donors (Lipinski definition) is 1. The van der Waals surface area contributed by atoms with Crippen molar-refractivity contribution >= 4 is 17.4 Å². The molecule has 6 nitrogen and oxygen atoms in total. The highest BCUT2D eigenvalue weighted by atomic mass is 16.5. The van der Waals surface area contributed by atoms with Crippen molar-refractivity contribution in [3.8, 4) is 17.2 Å². The second kappa shape index (κ2) is 7.34. The number of benzene rings is 2. The van der Waals surface area contributed by atoms with Gasteiger partial charge in [0.1, 0.15) is 23.4 Å². The third-order valence-corrected chi connectivity index (χ3v) is 4.19. The summed E-state index contributed by atoms with van der Waals surface area (Å²) >= 11 is 0. The zero-order chi connectivity index (χ0) is 17.8. The van der Waals surface area contributed by atoms with Crippen LogP contribution in [0.5, 0.6) is 17.2 Å². The lowest BCUT2D eigenvalue weighted by molar-refractivity contribution is 0.188. The third-order valence-electron chi connectivity index (χ3n) is 4.19. The molecule has 2 amide bonds. The third kappa shape index (κ3) is 3.47. The van der Waals surface area contributed by atoms with Crippen molar-refractivity contribution in [2.75, 3.05) is 31.0 Å². The second-order valence-electron chi connectivity index (χ2n) is 5.72. The minimum absolute atomic E-state index is 0.0292. The van der Waals surface area contributed by atoms with Gasteiger partial charge in [-0.15, -0.1) is 0 Å². The summed E-state index contributed by atoms with van der Waals surface area (Å²) in [5.74, 6) is 1.93. The van der Waals surface area contributed by atoms with Crippen molar-refractivity contribution in [1.29, 1.82) is 0 Å². The van der Waals surface area contributed by atoms with E-state index in [4.69, 9.17) is 14.2 Å². The highest BCUT2D eigenvalue weighted by Gasteiger charge is 2.29. The molecular formula is C19H22N2O4. The topological polar surface area (TPSA) is 60.0 Å². The van der Waals surface area contributed by atoms with Gasteiger partial charge in [-0.05, 0) is 30.7 Å². The van der Waals surface area contributed by atoms with Crippen LogP contribution in [-0.2, 0) is 0 Å². The van der Waals surface area contributed by atoms with Gasteiger partial charge in [0, 0.05) is 6.07 Å². The number of amides is 2. The number of carbonyl (C=O) groups is 1. The summed E-state index contributed by atoms with van der Waals surface area (Å²) in [4.78, 5) is 14.6. The Kier molecular flexibility index (Phi) is 4.97. The number of ether oxygens (including phenoxy) is 3. The first kappa shape index (κ1) is 17.0. The largest absolute Gasteiger partial charge is 0.497 e. The molecular weight excluding hydrogens is 320 g/mol. The van der Waals surface area contributed by atoms with Crippen molar-refractivity contribution in [3.63, 3.8) is 0 Å². The van der Waals surface area contributed by atoms with E-state index in [1.165, 1.54) is 0 Å². The summed E-state index contributed by atoms with van der Waals surface area (Å²) in [6, 6.07) is 12.6. The molecule has 0 radical (unpaired) electrons. The Hall–Kier alpha value is -2.89. The lowest BCUT2D eigenvalue weighted by Crippen LogP contribution is -2.45. The van der Waals surface area contributed by atoms with Crippen molar-refractivity contribution in [2.45, 2.75) is 19.4 Å². The number of hydrogen-bond acceptors (Lipinski definition) is 4. The number of methoxy groups -OCH3 is 2. The number of nitrogens with zero attached hydrogens (tertiary/aromatic N) is 1. The van der Waals surface area contributed by atoms with Gasteiger partial charge in [0.05, 0.1) is 32.1 Å². The van der Waals surface area contributed by atoms with Gasteiger partial charge in [0.2, 0.25) is 0 Å². The van der Waals surface area contributed by atoms with Crippen LogP contribution in [-0.4, -0.2) is 32.9 Å². The Morgan fingerprint density at radius 3 is 2.76 bits per heavy atom. The molecule has 0 aromatic heterocycles. The van der Waals surface area contributed by atoms with Crippen LogP contribution in [0.25, 0.3) is 0 Å². The first-order chi connectivity index (χ1) is 12.2. The molecule has 1 N–H and O–H groups in total. The van der Waals surface area contributed by atoms with Gasteiger partial charge in [-0.25, -0.2) is 4.79 Å². The van der Waals surface area contributed by atoms with Crippen LogP contribution in [0.15, 0.2) is 42.5 Å². The van der Waals surface area contributed by atoms with E-state index in [0.29, 0.717) is 23.7 Å². The second-order valence-corrected chi connectivity index (χ2v) is 5.72. The summed E-state index contributed by atoms with van der Waals surface area (Å²) in [7, 11) is 3.14. The fourth-order valence-corrected chi connectivity index (χ4v) is 2.79. The van der Waals surface area contributed by atoms with E-state index in [-0.39, 0.29) is 12.1 Å². The normalized spacial score (nSPS) is 15.8. The van der Waals surface area contributed by atoms with Gasteiger partial charge in [-0.3, -0.25) is 4.90 Å². The molecule has 0 spiro atoms. The first-order valence-corrected chi connectivity index (χ1v) is 8.22. The molecule has 1 aliphatic rings. The molecule has 3 rings (SSSR count). The zero-order valence-corrected chi connectivity index (χ0v) is 14.6. The number of urea groups is 1. The minimum Gasteiger partial charge on any atom is -0.497 e. The van der Waals surface area contributed by atoms with Gasteiger partial charge in [0.25, 0.3) is 0 Å².